The molecule has 4 heteroatoms. The van der Waals surface area contributed by atoms with Gasteiger partial charge in [-0.3, -0.25) is 0 Å². The van der Waals surface area contributed by atoms with E-state index < -0.39 is 6.10 Å². The summed E-state index contributed by atoms with van der Waals surface area (Å²) in [6.07, 6.45) is -0.0499. The molecule has 0 saturated carbocycles. The first-order valence-corrected chi connectivity index (χ1v) is 7.78. The van der Waals surface area contributed by atoms with Gasteiger partial charge in [0.25, 0.3) is 0 Å². The monoisotopic (exact) mass is 309 g/mol. The van der Waals surface area contributed by atoms with Gasteiger partial charge in [-0.2, -0.15) is 0 Å². The van der Waals surface area contributed by atoms with Crippen molar-refractivity contribution in [2.75, 3.05) is 6.61 Å². The smallest absolute Gasteiger partial charge is 0.349 e. The molecule has 0 amide bonds. The molecule has 0 radical (unpaired) electrons. The molecule has 118 valence electrons. The molecular weight excluding hydrogens is 290 g/mol. The minimum absolute atomic E-state index is 0.272. The molecule has 2 aromatic carbocycles. The van der Waals surface area contributed by atoms with Crippen molar-refractivity contribution < 1.29 is 14.3 Å². The van der Waals surface area contributed by atoms with Crippen LogP contribution in [0.25, 0.3) is 0 Å². The number of carbonyl (C=O) groups is 1. The van der Waals surface area contributed by atoms with Crippen molar-refractivity contribution in [1.82, 2.24) is 0 Å². The number of ether oxygens (including phenoxy) is 2. The maximum Gasteiger partial charge on any atom is 0.349 e. The number of rotatable bonds is 5. The summed E-state index contributed by atoms with van der Waals surface area (Å²) < 4.78 is 11.0. The van der Waals surface area contributed by atoms with Gasteiger partial charge in [0.05, 0.1) is 6.61 Å². The molecule has 23 heavy (non-hydrogen) atoms. The van der Waals surface area contributed by atoms with Crippen LogP contribution in [0.4, 0.5) is 0 Å². The number of hydrogen-bond acceptors (Lipinski definition) is 4. The van der Waals surface area contributed by atoms with Crippen LogP contribution in [-0.4, -0.2) is 30.6 Å². The van der Waals surface area contributed by atoms with Crippen LogP contribution in [0.1, 0.15) is 18.1 Å². The first-order valence-electron chi connectivity index (χ1n) is 7.78. The van der Waals surface area contributed by atoms with Crippen LogP contribution >= 0.6 is 0 Å². The third-order valence-electron chi connectivity index (χ3n) is 3.70. The van der Waals surface area contributed by atoms with Crippen LogP contribution in [0, 0.1) is 0 Å². The van der Waals surface area contributed by atoms with Crippen molar-refractivity contribution in [1.29, 1.82) is 0 Å². The fourth-order valence-corrected chi connectivity index (χ4v) is 2.61. The Hall–Kier alpha value is -2.62. The zero-order valence-electron chi connectivity index (χ0n) is 13.0. The number of nitrogens with zero attached hydrogens (tertiary/aromatic N) is 1. The van der Waals surface area contributed by atoms with Gasteiger partial charge < -0.3 is 9.47 Å². The second-order valence-electron chi connectivity index (χ2n) is 5.35. The molecule has 2 atom stereocenters. The van der Waals surface area contributed by atoms with Gasteiger partial charge in [0.15, 0.2) is 0 Å². The van der Waals surface area contributed by atoms with E-state index in [0.717, 1.165) is 11.1 Å². The molecule has 0 unspecified atom stereocenters. The Labute approximate surface area is 135 Å². The van der Waals surface area contributed by atoms with E-state index in [9.17, 15) is 4.79 Å². The fraction of sp³-hybridized carbons (Fsp3) is 0.263. The first kappa shape index (κ1) is 15.3. The molecule has 0 saturated heterocycles. The lowest BCUT2D eigenvalue weighted by molar-refractivity contribution is -0.152. The van der Waals surface area contributed by atoms with Crippen LogP contribution < -0.4 is 0 Å². The molecule has 1 aliphatic rings. The Kier molecular flexibility index (Phi) is 4.71. The summed E-state index contributed by atoms with van der Waals surface area (Å²) in [5.74, 6) is 0.146. The third-order valence-corrected chi connectivity index (χ3v) is 3.70. The predicted molar refractivity (Wildman–Crippen MR) is 88.4 cm³/mol. The molecule has 0 aromatic heterocycles. The zero-order valence-corrected chi connectivity index (χ0v) is 13.0. The number of carbonyl (C=O) groups excluding carboxylic acids is 1. The first-order chi connectivity index (χ1) is 11.3. The average Bonchev–Trinajstić information content (AvgIpc) is 3.01. The summed E-state index contributed by atoms with van der Waals surface area (Å²) in [6.45, 7) is 2.12. The molecule has 3 rings (SSSR count). The Morgan fingerprint density at radius 2 is 1.74 bits per heavy atom. The molecule has 1 aliphatic heterocycles. The molecular formula is C19H19NO3. The fourth-order valence-electron chi connectivity index (χ4n) is 2.61. The van der Waals surface area contributed by atoms with E-state index in [-0.39, 0.29) is 12.0 Å². The van der Waals surface area contributed by atoms with Gasteiger partial charge in [0, 0.05) is 5.56 Å². The topological polar surface area (TPSA) is 47.9 Å². The van der Waals surface area contributed by atoms with Gasteiger partial charge in [-0.1, -0.05) is 48.5 Å². The number of hydrogen-bond donors (Lipinski definition) is 0. The van der Waals surface area contributed by atoms with Gasteiger partial charge in [-0.25, -0.2) is 9.79 Å². The summed E-state index contributed by atoms with van der Waals surface area (Å²) in [4.78, 5) is 16.8. The van der Waals surface area contributed by atoms with Gasteiger partial charge in [-0.15, -0.1) is 0 Å². The van der Waals surface area contributed by atoms with E-state index >= 15 is 0 Å². The summed E-state index contributed by atoms with van der Waals surface area (Å²) in [5.41, 5.74) is 1.99. The van der Waals surface area contributed by atoms with E-state index in [4.69, 9.17) is 9.47 Å². The lowest BCUT2D eigenvalue weighted by Gasteiger charge is -2.16. The van der Waals surface area contributed by atoms with Crippen molar-refractivity contribution in [3.05, 3.63) is 71.8 Å². The van der Waals surface area contributed by atoms with Crippen molar-refractivity contribution in [3.8, 4) is 0 Å². The van der Waals surface area contributed by atoms with E-state index in [1.165, 1.54) is 0 Å². The molecule has 1 heterocycles. The maximum absolute atomic E-state index is 12.2. The molecule has 0 bridgehead atoms. The summed E-state index contributed by atoms with van der Waals surface area (Å²) in [6, 6.07) is 19.3. The Morgan fingerprint density at radius 3 is 2.39 bits per heavy atom. The highest BCUT2D eigenvalue weighted by molar-refractivity contribution is 5.97. The maximum atomic E-state index is 12.2. The second kappa shape index (κ2) is 7.09. The predicted octanol–water partition coefficient (Wildman–Crippen LogP) is 3.01. The van der Waals surface area contributed by atoms with Crippen molar-refractivity contribution in [2.24, 2.45) is 4.99 Å². The van der Waals surface area contributed by atoms with E-state index in [1.807, 2.05) is 60.7 Å². The van der Waals surface area contributed by atoms with Crippen LogP contribution in [0.15, 0.2) is 65.7 Å². The minimum Gasteiger partial charge on any atom is -0.463 e. The van der Waals surface area contributed by atoms with Gasteiger partial charge in [0.2, 0.25) is 12.0 Å². The molecule has 0 fully saturated rings. The van der Waals surface area contributed by atoms with Crippen LogP contribution in [0.2, 0.25) is 0 Å². The number of benzene rings is 2. The molecule has 0 aliphatic carbocycles. The normalized spacial score (nSPS) is 19.8. The Bertz CT molecular complexity index is 682. The second-order valence-corrected chi connectivity index (χ2v) is 5.35. The highest BCUT2D eigenvalue weighted by atomic mass is 16.6. The Morgan fingerprint density at radius 1 is 1.09 bits per heavy atom. The number of aliphatic imine (C=N–C) groups is 1. The molecule has 4 nitrogen and oxygen atoms in total. The molecule has 0 spiro atoms. The van der Waals surface area contributed by atoms with Crippen LogP contribution in [0.5, 0.6) is 0 Å². The summed E-state index contributed by atoms with van der Waals surface area (Å²) in [5, 5.41) is 0. The third kappa shape index (κ3) is 3.59. The summed E-state index contributed by atoms with van der Waals surface area (Å²) in [7, 11) is 0. The van der Waals surface area contributed by atoms with E-state index in [2.05, 4.69) is 4.99 Å². The number of esters is 1. The minimum atomic E-state index is -0.689. The largest absolute Gasteiger partial charge is 0.463 e. The SMILES string of the molecule is CCOC(=O)[C@H]1OC(c2ccccc2)=N[C@@H]1Cc1ccccc1. The van der Waals surface area contributed by atoms with Gasteiger partial charge >= 0.3 is 5.97 Å². The van der Waals surface area contributed by atoms with Crippen molar-refractivity contribution in [3.63, 3.8) is 0 Å². The quantitative estimate of drug-likeness (QED) is 0.798. The average molecular weight is 309 g/mol. The van der Waals surface area contributed by atoms with E-state index in [0.29, 0.717) is 18.9 Å². The van der Waals surface area contributed by atoms with E-state index in [1.54, 1.807) is 6.92 Å². The lowest BCUT2D eigenvalue weighted by Crippen LogP contribution is -2.34. The van der Waals surface area contributed by atoms with Crippen LogP contribution in [0.3, 0.4) is 0 Å². The Balaban J connectivity index is 1.84. The molecule has 2 aromatic rings. The highest BCUT2D eigenvalue weighted by Gasteiger charge is 2.38. The zero-order chi connectivity index (χ0) is 16.1. The van der Waals surface area contributed by atoms with Gasteiger partial charge in [0.1, 0.15) is 6.04 Å². The van der Waals surface area contributed by atoms with Crippen LogP contribution in [-0.2, 0) is 20.7 Å². The lowest BCUT2D eigenvalue weighted by atomic mass is 10.0. The van der Waals surface area contributed by atoms with Gasteiger partial charge in [-0.05, 0) is 31.0 Å². The molecule has 0 N–H and O–H groups in total. The van der Waals surface area contributed by atoms with Crippen molar-refractivity contribution in [2.45, 2.75) is 25.5 Å². The highest BCUT2D eigenvalue weighted by Crippen LogP contribution is 2.22. The standard InChI is InChI=1S/C19H19NO3/c1-2-22-19(21)17-16(13-14-9-5-3-6-10-14)20-18(23-17)15-11-7-4-8-12-15/h3-12,16-17H,2,13H2,1H3/t16-,17+/m1/s1. The van der Waals surface area contributed by atoms with Crippen molar-refractivity contribution >= 4 is 11.9 Å². The summed E-state index contributed by atoms with van der Waals surface area (Å²) >= 11 is 0.